The molecule has 1 aromatic heterocycles. The van der Waals surface area contributed by atoms with Crippen LogP contribution in [0.4, 0.5) is 0 Å². The van der Waals surface area contributed by atoms with Crippen molar-refractivity contribution in [2.24, 2.45) is 0 Å². The van der Waals surface area contributed by atoms with Crippen LogP contribution in [0.2, 0.25) is 0 Å². The Hall–Kier alpha value is -0.850. The largest absolute Gasteiger partial charge is 0.396 e. The number of rotatable bonds is 7. The molecule has 1 atom stereocenters. The molecule has 0 radical (unpaired) electrons. The van der Waals surface area contributed by atoms with Gasteiger partial charge in [-0.1, -0.05) is 0 Å². The number of amides is 1. The third-order valence-corrected chi connectivity index (χ3v) is 3.22. The minimum absolute atomic E-state index is 0.0171. The summed E-state index contributed by atoms with van der Waals surface area (Å²) >= 11 is 3.38. The first kappa shape index (κ1) is 16.2. The number of hydrogen-bond acceptors (Lipinski definition) is 3. The maximum atomic E-state index is 12.3. The summed E-state index contributed by atoms with van der Waals surface area (Å²) in [4.78, 5) is 12.3. The summed E-state index contributed by atoms with van der Waals surface area (Å²) in [6.07, 6.45) is 2.36. The molecular weight excluding hydrogens is 312 g/mol. The molecule has 0 aliphatic rings. The predicted molar refractivity (Wildman–Crippen MR) is 77.4 cm³/mol. The van der Waals surface area contributed by atoms with Gasteiger partial charge in [0, 0.05) is 30.4 Å². The summed E-state index contributed by atoms with van der Waals surface area (Å²) in [5.74, 6) is -0.157. The Morgan fingerprint density at radius 1 is 1.58 bits per heavy atom. The number of halogens is 1. The molecular formula is C13H21BrN2O3. The van der Waals surface area contributed by atoms with Crippen LogP contribution >= 0.6 is 15.9 Å². The fourth-order valence-corrected chi connectivity index (χ4v) is 2.31. The van der Waals surface area contributed by atoms with Gasteiger partial charge in [-0.25, -0.2) is 0 Å². The normalized spacial score (nSPS) is 12.7. The van der Waals surface area contributed by atoms with E-state index in [0.29, 0.717) is 18.7 Å². The molecule has 6 heteroatoms. The van der Waals surface area contributed by atoms with Gasteiger partial charge in [0.2, 0.25) is 0 Å². The maximum Gasteiger partial charge on any atom is 0.268 e. The Morgan fingerprint density at radius 2 is 2.26 bits per heavy atom. The second-order valence-electron chi connectivity index (χ2n) is 4.68. The number of aromatic nitrogens is 1. The molecule has 0 bridgehead atoms. The summed E-state index contributed by atoms with van der Waals surface area (Å²) < 4.78 is 7.81. The molecule has 0 saturated carbocycles. The van der Waals surface area contributed by atoms with Crippen LogP contribution in [0.5, 0.6) is 0 Å². The molecule has 0 aromatic carbocycles. The van der Waals surface area contributed by atoms with Crippen molar-refractivity contribution in [2.75, 3.05) is 20.3 Å². The number of methoxy groups -OCH3 is 1. The average molecular weight is 333 g/mol. The van der Waals surface area contributed by atoms with Crippen molar-refractivity contribution in [1.82, 2.24) is 9.88 Å². The molecule has 19 heavy (non-hydrogen) atoms. The van der Waals surface area contributed by atoms with Crippen LogP contribution in [0.15, 0.2) is 16.7 Å². The Morgan fingerprint density at radius 3 is 2.79 bits per heavy atom. The van der Waals surface area contributed by atoms with Gasteiger partial charge >= 0.3 is 0 Å². The predicted octanol–water partition coefficient (Wildman–Crippen LogP) is 1.96. The summed E-state index contributed by atoms with van der Waals surface area (Å²) in [5.41, 5.74) is 0.598. The number of nitrogens with zero attached hydrogens (tertiary/aromatic N) is 1. The SMILES string of the molecule is COCC(CCO)NC(=O)c1cc(Br)cn1C(C)C. The van der Waals surface area contributed by atoms with E-state index < -0.39 is 0 Å². The van der Waals surface area contributed by atoms with E-state index in [9.17, 15) is 4.79 Å². The van der Waals surface area contributed by atoms with Gasteiger partial charge in [0.25, 0.3) is 5.91 Å². The zero-order valence-corrected chi connectivity index (χ0v) is 13.1. The minimum atomic E-state index is -0.184. The lowest BCUT2D eigenvalue weighted by Crippen LogP contribution is -2.39. The average Bonchev–Trinajstić information content (AvgIpc) is 2.72. The highest BCUT2D eigenvalue weighted by Gasteiger charge is 2.18. The fourth-order valence-electron chi connectivity index (χ4n) is 1.87. The third-order valence-electron chi connectivity index (χ3n) is 2.78. The van der Waals surface area contributed by atoms with Gasteiger partial charge in [-0.05, 0) is 42.3 Å². The number of hydrogen-bond donors (Lipinski definition) is 2. The molecule has 5 nitrogen and oxygen atoms in total. The van der Waals surface area contributed by atoms with E-state index in [1.807, 2.05) is 24.6 Å². The van der Waals surface area contributed by atoms with Crippen LogP contribution in [0.1, 0.15) is 36.8 Å². The van der Waals surface area contributed by atoms with Crippen molar-refractivity contribution in [3.63, 3.8) is 0 Å². The highest BCUT2D eigenvalue weighted by Crippen LogP contribution is 2.19. The van der Waals surface area contributed by atoms with E-state index >= 15 is 0 Å². The summed E-state index contributed by atoms with van der Waals surface area (Å²) in [6.45, 7) is 4.44. The van der Waals surface area contributed by atoms with Crippen molar-refractivity contribution in [1.29, 1.82) is 0 Å². The monoisotopic (exact) mass is 332 g/mol. The first-order chi connectivity index (χ1) is 8.99. The zero-order valence-electron chi connectivity index (χ0n) is 11.5. The molecule has 1 amide bonds. The molecule has 1 heterocycles. The highest BCUT2D eigenvalue weighted by atomic mass is 79.9. The second-order valence-corrected chi connectivity index (χ2v) is 5.60. The van der Waals surface area contributed by atoms with Gasteiger partial charge in [0.05, 0.1) is 12.6 Å². The molecule has 0 aliphatic carbocycles. The standard InChI is InChI=1S/C13H21BrN2O3/c1-9(2)16-7-10(14)6-12(16)13(18)15-11(4-5-17)8-19-3/h6-7,9,11,17H,4-5,8H2,1-3H3,(H,15,18). The fraction of sp³-hybridized carbons (Fsp3) is 0.615. The lowest BCUT2D eigenvalue weighted by atomic mass is 10.2. The second kappa shape index (κ2) is 7.67. The van der Waals surface area contributed by atoms with E-state index in [0.717, 1.165) is 4.47 Å². The van der Waals surface area contributed by atoms with Gasteiger partial charge < -0.3 is 19.7 Å². The number of aliphatic hydroxyl groups excluding tert-OH is 1. The minimum Gasteiger partial charge on any atom is -0.396 e. The lowest BCUT2D eigenvalue weighted by molar-refractivity contribution is 0.0868. The smallest absolute Gasteiger partial charge is 0.268 e. The molecule has 0 aliphatic heterocycles. The maximum absolute atomic E-state index is 12.3. The lowest BCUT2D eigenvalue weighted by Gasteiger charge is -2.18. The summed E-state index contributed by atoms with van der Waals surface area (Å²) in [6, 6.07) is 1.81. The van der Waals surface area contributed by atoms with Crippen LogP contribution in [-0.4, -0.2) is 41.9 Å². The van der Waals surface area contributed by atoms with Crippen molar-refractivity contribution in [3.05, 3.63) is 22.4 Å². The van der Waals surface area contributed by atoms with Gasteiger partial charge in [0.15, 0.2) is 0 Å². The molecule has 2 N–H and O–H groups in total. The third kappa shape index (κ3) is 4.63. The summed E-state index contributed by atoms with van der Waals surface area (Å²) in [5, 5.41) is 11.9. The van der Waals surface area contributed by atoms with Crippen LogP contribution in [0.25, 0.3) is 0 Å². The zero-order chi connectivity index (χ0) is 14.4. The van der Waals surface area contributed by atoms with E-state index in [4.69, 9.17) is 9.84 Å². The Balaban J connectivity index is 2.81. The first-order valence-corrected chi connectivity index (χ1v) is 7.07. The van der Waals surface area contributed by atoms with Crippen molar-refractivity contribution < 1.29 is 14.6 Å². The number of carbonyl (C=O) groups is 1. The van der Waals surface area contributed by atoms with Crippen LogP contribution in [0.3, 0.4) is 0 Å². The van der Waals surface area contributed by atoms with Gasteiger partial charge in [0.1, 0.15) is 5.69 Å². The number of carbonyl (C=O) groups excluding carboxylic acids is 1. The number of nitrogens with one attached hydrogen (secondary N) is 1. The molecule has 1 rings (SSSR count). The van der Waals surface area contributed by atoms with Gasteiger partial charge in [-0.15, -0.1) is 0 Å². The molecule has 0 fully saturated rings. The quantitative estimate of drug-likeness (QED) is 0.802. The van der Waals surface area contributed by atoms with E-state index in [-0.39, 0.29) is 24.6 Å². The van der Waals surface area contributed by atoms with E-state index in [1.165, 1.54) is 0 Å². The Bertz CT molecular complexity index is 412. The number of ether oxygens (including phenoxy) is 1. The van der Waals surface area contributed by atoms with E-state index in [1.54, 1.807) is 13.2 Å². The van der Waals surface area contributed by atoms with Crippen LogP contribution in [0, 0.1) is 0 Å². The highest BCUT2D eigenvalue weighted by molar-refractivity contribution is 9.10. The first-order valence-electron chi connectivity index (χ1n) is 6.27. The molecule has 1 unspecified atom stereocenters. The Kier molecular flexibility index (Phi) is 6.54. The van der Waals surface area contributed by atoms with Crippen molar-refractivity contribution in [3.8, 4) is 0 Å². The molecule has 108 valence electrons. The van der Waals surface area contributed by atoms with Crippen LogP contribution in [-0.2, 0) is 4.74 Å². The topological polar surface area (TPSA) is 63.5 Å². The van der Waals surface area contributed by atoms with Crippen molar-refractivity contribution in [2.45, 2.75) is 32.4 Å². The van der Waals surface area contributed by atoms with Gasteiger partial charge in [-0.3, -0.25) is 4.79 Å². The molecule has 0 spiro atoms. The van der Waals surface area contributed by atoms with E-state index in [2.05, 4.69) is 21.2 Å². The van der Waals surface area contributed by atoms with Gasteiger partial charge in [-0.2, -0.15) is 0 Å². The number of aliphatic hydroxyl groups is 1. The van der Waals surface area contributed by atoms with Crippen LogP contribution < -0.4 is 5.32 Å². The Labute approximate surface area is 122 Å². The van der Waals surface area contributed by atoms with Crippen molar-refractivity contribution >= 4 is 21.8 Å². The molecule has 1 aromatic rings. The summed E-state index contributed by atoms with van der Waals surface area (Å²) in [7, 11) is 1.57. The molecule has 0 saturated heterocycles.